The lowest BCUT2D eigenvalue weighted by Crippen LogP contribution is -2.44. The fraction of sp³-hybridized carbons (Fsp3) is 0.533. The van der Waals surface area contributed by atoms with Crippen molar-refractivity contribution in [1.29, 1.82) is 0 Å². The number of carbonyl (C=O) groups is 1. The Morgan fingerprint density at radius 3 is 2.95 bits per heavy atom. The van der Waals surface area contributed by atoms with Crippen molar-refractivity contribution in [1.82, 2.24) is 4.90 Å². The number of benzene rings is 1. The van der Waals surface area contributed by atoms with Crippen LogP contribution < -0.4 is 11.1 Å². The molecule has 4 nitrogen and oxygen atoms in total. The zero-order chi connectivity index (χ0) is 14.4. The van der Waals surface area contributed by atoms with Gasteiger partial charge in [0.25, 0.3) is 0 Å². The van der Waals surface area contributed by atoms with Crippen molar-refractivity contribution in [2.45, 2.75) is 31.7 Å². The number of halogens is 1. The standard InChI is InChI=1S/C15H22IN3O/c16-13-6-1-2-7-14(13)18-15(20)11-19-10-4-3-5-12(19)8-9-17/h1-2,6-7,12H,3-5,8-11,17H2,(H,18,20). The number of carbonyl (C=O) groups excluding carboxylic acids is 1. The third-order valence-corrected chi connectivity index (χ3v) is 4.68. The van der Waals surface area contributed by atoms with Crippen molar-refractivity contribution in [3.05, 3.63) is 27.8 Å². The van der Waals surface area contributed by atoms with E-state index in [4.69, 9.17) is 5.73 Å². The average Bonchev–Trinajstić information content (AvgIpc) is 2.44. The van der Waals surface area contributed by atoms with Crippen LogP contribution in [-0.4, -0.2) is 36.5 Å². The molecule has 0 aromatic heterocycles. The fourth-order valence-corrected chi connectivity index (χ4v) is 3.25. The molecule has 1 aromatic rings. The van der Waals surface area contributed by atoms with Crippen LogP contribution in [0, 0.1) is 3.57 Å². The van der Waals surface area contributed by atoms with Crippen LogP contribution in [0.4, 0.5) is 5.69 Å². The van der Waals surface area contributed by atoms with E-state index < -0.39 is 0 Å². The Bertz CT molecular complexity index is 450. The van der Waals surface area contributed by atoms with Gasteiger partial charge in [0, 0.05) is 9.61 Å². The lowest BCUT2D eigenvalue weighted by atomic mass is 9.99. The number of anilines is 1. The molecule has 2 rings (SSSR count). The number of hydrogen-bond donors (Lipinski definition) is 2. The van der Waals surface area contributed by atoms with Gasteiger partial charge in [-0.05, 0) is 67.1 Å². The van der Waals surface area contributed by atoms with Gasteiger partial charge in [0.2, 0.25) is 5.91 Å². The van der Waals surface area contributed by atoms with Gasteiger partial charge in [-0.25, -0.2) is 0 Å². The molecular weight excluding hydrogens is 365 g/mol. The SMILES string of the molecule is NCCC1CCCCN1CC(=O)Nc1ccccc1I. The van der Waals surface area contributed by atoms with Gasteiger partial charge >= 0.3 is 0 Å². The Morgan fingerprint density at radius 1 is 1.40 bits per heavy atom. The van der Waals surface area contributed by atoms with Crippen molar-refractivity contribution in [3.8, 4) is 0 Å². The molecule has 1 aromatic carbocycles. The van der Waals surface area contributed by atoms with Gasteiger partial charge in [0.05, 0.1) is 12.2 Å². The molecule has 1 amide bonds. The third kappa shape index (κ3) is 4.43. The van der Waals surface area contributed by atoms with Crippen LogP contribution in [0.3, 0.4) is 0 Å². The summed E-state index contributed by atoms with van der Waals surface area (Å²) in [6, 6.07) is 8.31. The molecule has 1 saturated heterocycles. The fourth-order valence-electron chi connectivity index (χ4n) is 2.72. The molecule has 0 saturated carbocycles. The number of amides is 1. The summed E-state index contributed by atoms with van der Waals surface area (Å²) in [6.07, 6.45) is 4.57. The summed E-state index contributed by atoms with van der Waals surface area (Å²) in [4.78, 5) is 14.5. The average molecular weight is 387 g/mol. The van der Waals surface area contributed by atoms with Gasteiger partial charge in [-0.15, -0.1) is 0 Å². The Morgan fingerprint density at radius 2 is 2.20 bits per heavy atom. The first-order valence-electron chi connectivity index (χ1n) is 7.19. The zero-order valence-corrected chi connectivity index (χ0v) is 13.8. The molecule has 1 heterocycles. The molecule has 1 aliphatic rings. The minimum atomic E-state index is 0.0676. The third-order valence-electron chi connectivity index (χ3n) is 3.74. The van der Waals surface area contributed by atoms with E-state index in [2.05, 4.69) is 32.8 Å². The first kappa shape index (κ1) is 15.7. The van der Waals surface area contributed by atoms with Gasteiger partial charge in [-0.3, -0.25) is 9.69 Å². The quantitative estimate of drug-likeness (QED) is 0.764. The zero-order valence-electron chi connectivity index (χ0n) is 11.6. The van der Waals surface area contributed by atoms with E-state index in [1.54, 1.807) is 0 Å². The molecule has 5 heteroatoms. The summed E-state index contributed by atoms with van der Waals surface area (Å²) in [5, 5.41) is 3.00. The minimum absolute atomic E-state index is 0.0676. The number of rotatable bonds is 5. The van der Waals surface area contributed by atoms with Crippen LogP contribution in [-0.2, 0) is 4.79 Å². The summed E-state index contributed by atoms with van der Waals surface area (Å²) < 4.78 is 1.07. The highest BCUT2D eigenvalue weighted by Crippen LogP contribution is 2.20. The Balaban J connectivity index is 1.91. The smallest absolute Gasteiger partial charge is 0.238 e. The normalized spacial score (nSPS) is 19.8. The van der Waals surface area contributed by atoms with Crippen molar-refractivity contribution in [2.24, 2.45) is 5.73 Å². The van der Waals surface area contributed by atoms with Crippen LogP contribution in [0.2, 0.25) is 0 Å². The highest BCUT2D eigenvalue weighted by Gasteiger charge is 2.23. The van der Waals surface area contributed by atoms with Crippen LogP contribution in [0.15, 0.2) is 24.3 Å². The predicted molar refractivity (Wildman–Crippen MR) is 90.7 cm³/mol. The van der Waals surface area contributed by atoms with E-state index in [0.29, 0.717) is 19.1 Å². The van der Waals surface area contributed by atoms with Crippen LogP contribution in [0.5, 0.6) is 0 Å². The molecule has 1 fully saturated rings. The highest BCUT2D eigenvalue weighted by molar-refractivity contribution is 14.1. The number of nitrogens with one attached hydrogen (secondary N) is 1. The highest BCUT2D eigenvalue weighted by atomic mass is 127. The molecule has 110 valence electrons. The van der Waals surface area contributed by atoms with E-state index in [9.17, 15) is 4.79 Å². The van der Waals surface area contributed by atoms with E-state index in [1.165, 1.54) is 12.8 Å². The molecule has 0 spiro atoms. The number of hydrogen-bond acceptors (Lipinski definition) is 3. The van der Waals surface area contributed by atoms with Crippen molar-refractivity contribution >= 4 is 34.2 Å². The maximum atomic E-state index is 12.2. The van der Waals surface area contributed by atoms with E-state index in [0.717, 1.165) is 28.6 Å². The second kappa shape index (κ2) is 7.95. The number of nitrogens with zero attached hydrogens (tertiary/aromatic N) is 1. The van der Waals surface area contributed by atoms with Gasteiger partial charge in [-0.1, -0.05) is 18.6 Å². The first-order valence-corrected chi connectivity index (χ1v) is 8.27. The van der Waals surface area contributed by atoms with Crippen LogP contribution in [0.1, 0.15) is 25.7 Å². The molecule has 0 aliphatic carbocycles. The number of para-hydroxylation sites is 1. The lowest BCUT2D eigenvalue weighted by Gasteiger charge is -2.35. The van der Waals surface area contributed by atoms with Crippen LogP contribution >= 0.6 is 22.6 Å². The van der Waals surface area contributed by atoms with Gasteiger partial charge in [-0.2, -0.15) is 0 Å². The largest absolute Gasteiger partial charge is 0.330 e. The summed E-state index contributed by atoms with van der Waals surface area (Å²) in [6.45, 7) is 2.17. The molecule has 1 unspecified atom stereocenters. The molecule has 1 atom stereocenters. The van der Waals surface area contributed by atoms with E-state index in [1.807, 2.05) is 24.3 Å². The lowest BCUT2D eigenvalue weighted by molar-refractivity contribution is -0.118. The Kier molecular flexibility index (Phi) is 6.25. The van der Waals surface area contributed by atoms with Crippen molar-refractivity contribution in [3.63, 3.8) is 0 Å². The Hall–Kier alpha value is -0.660. The second-order valence-electron chi connectivity index (χ2n) is 5.23. The first-order chi connectivity index (χ1) is 9.70. The molecule has 0 radical (unpaired) electrons. The number of piperidine rings is 1. The monoisotopic (exact) mass is 387 g/mol. The molecule has 0 bridgehead atoms. The van der Waals surface area contributed by atoms with Gasteiger partial charge in [0.1, 0.15) is 0 Å². The molecule has 1 aliphatic heterocycles. The van der Waals surface area contributed by atoms with Crippen molar-refractivity contribution in [2.75, 3.05) is 25.0 Å². The van der Waals surface area contributed by atoms with Crippen molar-refractivity contribution < 1.29 is 4.79 Å². The summed E-state index contributed by atoms with van der Waals surface area (Å²) in [5.74, 6) is 0.0676. The summed E-state index contributed by atoms with van der Waals surface area (Å²) >= 11 is 2.24. The maximum absolute atomic E-state index is 12.2. The van der Waals surface area contributed by atoms with Crippen LogP contribution in [0.25, 0.3) is 0 Å². The van der Waals surface area contributed by atoms with Gasteiger partial charge in [0.15, 0.2) is 0 Å². The summed E-state index contributed by atoms with van der Waals surface area (Å²) in [5.41, 5.74) is 6.56. The summed E-state index contributed by atoms with van der Waals surface area (Å²) in [7, 11) is 0. The van der Waals surface area contributed by atoms with E-state index >= 15 is 0 Å². The van der Waals surface area contributed by atoms with Gasteiger partial charge < -0.3 is 11.1 Å². The predicted octanol–water partition coefficient (Wildman–Crippen LogP) is 2.43. The molecular formula is C15H22IN3O. The molecule has 3 N–H and O–H groups in total. The maximum Gasteiger partial charge on any atom is 0.238 e. The minimum Gasteiger partial charge on any atom is -0.330 e. The topological polar surface area (TPSA) is 58.4 Å². The second-order valence-corrected chi connectivity index (χ2v) is 6.39. The molecule has 20 heavy (non-hydrogen) atoms. The number of likely N-dealkylation sites (tertiary alicyclic amines) is 1. The Labute approximate surface area is 134 Å². The van der Waals surface area contributed by atoms with E-state index in [-0.39, 0.29) is 5.91 Å². The number of nitrogens with two attached hydrogens (primary N) is 1.